The van der Waals surface area contributed by atoms with Gasteiger partial charge in [0.15, 0.2) is 0 Å². The van der Waals surface area contributed by atoms with Crippen molar-refractivity contribution in [1.29, 1.82) is 0 Å². The zero-order chi connectivity index (χ0) is 14.0. The summed E-state index contributed by atoms with van der Waals surface area (Å²) in [6, 6.07) is 0. The summed E-state index contributed by atoms with van der Waals surface area (Å²) in [5.74, 6) is -1.85. The Labute approximate surface area is 107 Å². The number of carboxylic acids is 1. The lowest BCUT2D eigenvalue weighted by molar-refractivity contribution is -0.141. The molecule has 18 heavy (non-hydrogen) atoms. The van der Waals surface area contributed by atoms with E-state index in [9.17, 15) is 18.0 Å². The minimum Gasteiger partial charge on any atom is -0.481 e. The zero-order valence-electron chi connectivity index (χ0n) is 10.6. The van der Waals surface area contributed by atoms with Gasteiger partial charge in [0.25, 0.3) is 0 Å². The van der Waals surface area contributed by atoms with Crippen molar-refractivity contribution in [3.8, 4) is 0 Å². The van der Waals surface area contributed by atoms with Gasteiger partial charge in [0, 0.05) is 19.2 Å². The molecule has 1 aliphatic carbocycles. The number of aliphatic carboxylic acids is 1. The largest absolute Gasteiger partial charge is 0.481 e. The number of carbonyl (C=O) groups is 2. The standard InChI is InChI=1S/C11H19NO5S/c1-8(10(14)15)6-12-9(13)5-11(3-4-11)7-18(2,16)17/h8H,3-7H2,1-2H3,(H,12,13)(H,14,15). The molecule has 7 heteroatoms. The van der Waals surface area contributed by atoms with E-state index >= 15 is 0 Å². The van der Waals surface area contributed by atoms with E-state index in [1.54, 1.807) is 0 Å². The smallest absolute Gasteiger partial charge is 0.308 e. The highest BCUT2D eigenvalue weighted by molar-refractivity contribution is 7.90. The Morgan fingerprint density at radius 2 is 1.94 bits per heavy atom. The molecule has 1 saturated carbocycles. The minimum absolute atomic E-state index is 0.0297. The fourth-order valence-electron chi connectivity index (χ4n) is 1.86. The molecule has 0 aromatic carbocycles. The molecule has 0 heterocycles. The molecule has 0 aromatic rings. The Balaban J connectivity index is 2.39. The molecule has 1 fully saturated rings. The van der Waals surface area contributed by atoms with Gasteiger partial charge in [-0.25, -0.2) is 8.42 Å². The van der Waals surface area contributed by atoms with Crippen LogP contribution < -0.4 is 5.32 Å². The Kier molecular flexibility index (Phi) is 4.37. The normalized spacial score (nSPS) is 19.0. The second-order valence-electron chi connectivity index (χ2n) is 5.29. The van der Waals surface area contributed by atoms with Crippen molar-refractivity contribution in [3.63, 3.8) is 0 Å². The van der Waals surface area contributed by atoms with Crippen LogP contribution in [0.2, 0.25) is 0 Å². The Hall–Kier alpha value is -1.11. The topological polar surface area (TPSA) is 101 Å². The van der Waals surface area contributed by atoms with Crippen LogP contribution in [0.3, 0.4) is 0 Å². The summed E-state index contributed by atoms with van der Waals surface area (Å²) in [6.45, 7) is 1.58. The zero-order valence-corrected chi connectivity index (χ0v) is 11.4. The second-order valence-corrected chi connectivity index (χ2v) is 7.43. The molecule has 0 aliphatic heterocycles. The molecular formula is C11H19NO5S. The van der Waals surface area contributed by atoms with Gasteiger partial charge in [-0.3, -0.25) is 9.59 Å². The lowest BCUT2D eigenvalue weighted by atomic mass is 10.0. The molecule has 104 valence electrons. The van der Waals surface area contributed by atoms with Gasteiger partial charge in [-0.1, -0.05) is 6.92 Å². The summed E-state index contributed by atoms with van der Waals surface area (Å²) in [7, 11) is -3.08. The maximum absolute atomic E-state index is 11.6. The van der Waals surface area contributed by atoms with Gasteiger partial charge in [0.05, 0.1) is 11.7 Å². The molecule has 0 spiro atoms. The first-order chi connectivity index (χ1) is 8.14. The van der Waals surface area contributed by atoms with Crippen LogP contribution in [0.5, 0.6) is 0 Å². The van der Waals surface area contributed by atoms with Gasteiger partial charge < -0.3 is 10.4 Å². The van der Waals surface area contributed by atoms with Crippen molar-refractivity contribution in [1.82, 2.24) is 5.32 Å². The highest BCUT2D eigenvalue weighted by Gasteiger charge is 2.46. The van der Waals surface area contributed by atoms with Crippen LogP contribution in [0.4, 0.5) is 0 Å². The quantitative estimate of drug-likeness (QED) is 0.684. The second kappa shape index (κ2) is 5.26. The van der Waals surface area contributed by atoms with E-state index in [2.05, 4.69) is 5.32 Å². The third-order valence-electron chi connectivity index (χ3n) is 3.09. The molecule has 0 bridgehead atoms. The van der Waals surface area contributed by atoms with Crippen molar-refractivity contribution in [2.24, 2.45) is 11.3 Å². The van der Waals surface area contributed by atoms with Crippen LogP contribution in [0, 0.1) is 11.3 Å². The number of sulfone groups is 1. The van der Waals surface area contributed by atoms with Crippen molar-refractivity contribution in [3.05, 3.63) is 0 Å². The summed E-state index contributed by atoms with van der Waals surface area (Å²) < 4.78 is 22.4. The lowest BCUT2D eigenvalue weighted by Crippen LogP contribution is -2.34. The monoisotopic (exact) mass is 277 g/mol. The van der Waals surface area contributed by atoms with Crippen molar-refractivity contribution in [2.45, 2.75) is 26.2 Å². The van der Waals surface area contributed by atoms with E-state index < -0.39 is 27.1 Å². The number of carboxylic acid groups (broad SMARTS) is 1. The highest BCUT2D eigenvalue weighted by atomic mass is 32.2. The fourth-order valence-corrected chi connectivity index (χ4v) is 3.37. The third-order valence-corrected chi connectivity index (χ3v) is 4.22. The molecular weight excluding hydrogens is 258 g/mol. The van der Waals surface area contributed by atoms with Crippen LogP contribution in [0.15, 0.2) is 0 Å². The molecule has 1 amide bonds. The molecule has 1 unspecified atom stereocenters. The SMILES string of the molecule is CC(CNC(=O)CC1(CS(C)(=O)=O)CC1)C(=O)O. The number of rotatable bonds is 7. The van der Waals surface area contributed by atoms with Crippen LogP contribution in [-0.2, 0) is 19.4 Å². The third kappa shape index (κ3) is 5.03. The molecule has 0 aromatic heterocycles. The molecule has 2 N–H and O–H groups in total. The molecule has 1 aliphatic rings. The van der Waals surface area contributed by atoms with E-state index in [-0.39, 0.29) is 24.6 Å². The first-order valence-electron chi connectivity index (χ1n) is 5.81. The van der Waals surface area contributed by atoms with Crippen LogP contribution in [0.25, 0.3) is 0 Å². The number of hydrogen-bond donors (Lipinski definition) is 2. The van der Waals surface area contributed by atoms with Gasteiger partial charge in [0.1, 0.15) is 9.84 Å². The minimum atomic E-state index is -3.08. The summed E-state index contributed by atoms with van der Waals surface area (Å²) >= 11 is 0. The first-order valence-corrected chi connectivity index (χ1v) is 7.87. The van der Waals surface area contributed by atoms with Gasteiger partial charge in [-0.2, -0.15) is 0 Å². The van der Waals surface area contributed by atoms with Gasteiger partial charge in [-0.15, -0.1) is 0 Å². The lowest BCUT2D eigenvalue weighted by Gasteiger charge is -2.14. The number of amides is 1. The van der Waals surface area contributed by atoms with Crippen molar-refractivity contribution in [2.75, 3.05) is 18.6 Å². The summed E-state index contributed by atoms with van der Waals surface area (Å²) in [6.07, 6.45) is 2.80. The number of hydrogen-bond acceptors (Lipinski definition) is 4. The molecule has 6 nitrogen and oxygen atoms in total. The predicted octanol–water partition coefficient (Wildman–Crippen LogP) is 0.0382. The van der Waals surface area contributed by atoms with Gasteiger partial charge >= 0.3 is 5.97 Å². The summed E-state index contributed by atoms with van der Waals surface area (Å²) in [5, 5.41) is 11.2. The van der Waals surface area contributed by atoms with E-state index in [0.717, 1.165) is 19.1 Å². The predicted molar refractivity (Wildman–Crippen MR) is 65.8 cm³/mol. The molecule has 0 radical (unpaired) electrons. The fraction of sp³-hybridized carbons (Fsp3) is 0.818. The van der Waals surface area contributed by atoms with E-state index in [1.165, 1.54) is 6.92 Å². The molecule has 1 rings (SSSR count). The highest BCUT2D eigenvalue weighted by Crippen LogP contribution is 2.49. The number of carbonyl (C=O) groups excluding carboxylic acids is 1. The maximum Gasteiger partial charge on any atom is 0.308 e. The van der Waals surface area contributed by atoms with E-state index in [4.69, 9.17) is 5.11 Å². The van der Waals surface area contributed by atoms with Gasteiger partial charge in [-0.05, 0) is 18.3 Å². The van der Waals surface area contributed by atoms with E-state index in [1.807, 2.05) is 0 Å². The van der Waals surface area contributed by atoms with Crippen LogP contribution in [0.1, 0.15) is 26.2 Å². The number of nitrogens with one attached hydrogen (secondary N) is 1. The summed E-state index contributed by atoms with van der Waals surface area (Å²) in [5.41, 5.74) is -0.413. The summed E-state index contributed by atoms with van der Waals surface area (Å²) in [4.78, 5) is 22.2. The average molecular weight is 277 g/mol. The Bertz CT molecular complexity index is 438. The molecule has 0 saturated heterocycles. The van der Waals surface area contributed by atoms with Crippen molar-refractivity contribution >= 4 is 21.7 Å². The average Bonchev–Trinajstić information content (AvgIpc) is 2.90. The van der Waals surface area contributed by atoms with Crippen LogP contribution >= 0.6 is 0 Å². The Morgan fingerprint density at radius 3 is 2.33 bits per heavy atom. The first kappa shape index (κ1) is 14.9. The van der Waals surface area contributed by atoms with E-state index in [0.29, 0.717) is 0 Å². The maximum atomic E-state index is 11.6. The molecule has 1 atom stereocenters. The van der Waals surface area contributed by atoms with Crippen LogP contribution in [-0.4, -0.2) is 44.0 Å². The van der Waals surface area contributed by atoms with Gasteiger partial charge in [0.2, 0.25) is 5.91 Å². The van der Waals surface area contributed by atoms with Crippen molar-refractivity contribution < 1.29 is 23.1 Å². The Morgan fingerprint density at radius 1 is 1.39 bits per heavy atom.